The van der Waals surface area contributed by atoms with E-state index in [1.807, 2.05) is 30.3 Å². The van der Waals surface area contributed by atoms with E-state index in [-0.39, 0.29) is 5.91 Å². The molecule has 0 fully saturated rings. The van der Waals surface area contributed by atoms with Gasteiger partial charge >= 0.3 is 0 Å². The third-order valence-corrected chi connectivity index (χ3v) is 4.98. The number of halogens is 2. The van der Waals surface area contributed by atoms with Gasteiger partial charge in [0.05, 0.1) is 10.0 Å². The van der Waals surface area contributed by atoms with Gasteiger partial charge in [-0.25, -0.2) is 4.98 Å². The molecule has 0 radical (unpaired) electrons. The molecule has 0 aliphatic heterocycles. The third-order valence-electron chi connectivity index (χ3n) is 3.21. The van der Waals surface area contributed by atoms with Gasteiger partial charge in [-0.15, -0.1) is 11.3 Å². The highest BCUT2D eigenvalue weighted by molar-refractivity contribution is 7.15. The lowest BCUT2D eigenvalue weighted by molar-refractivity contribution is 0.102. The van der Waals surface area contributed by atoms with Crippen LogP contribution in [0.1, 0.15) is 20.8 Å². The number of thiazole rings is 1. The van der Waals surface area contributed by atoms with Crippen LogP contribution in [0.2, 0.25) is 10.0 Å². The number of nitrogens with one attached hydrogen (secondary N) is 1. The standard InChI is InChI=1S/C17H12Cl2N2OS/c18-14-8-4-7-12(15(14)19)9-13-10-20-17(23-13)21-16(22)11-5-2-1-3-6-11/h1-8,10H,9H2,(H,20,21,22). The van der Waals surface area contributed by atoms with Gasteiger partial charge in [0, 0.05) is 23.1 Å². The topological polar surface area (TPSA) is 42.0 Å². The molecule has 0 aliphatic carbocycles. The number of carbonyl (C=O) groups is 1. The van der Waals surface area contributed by atoms with Gasteiger partial charge in [0.1, 0.15) is 0 Å². The molecule has 116 valence electrons. The van der Waals surface area contributed by atoms with Gasteiger partial charge in [-0.05, 0) is 23.8 Å². The van der Waals surface area contributed by atoms with E-state index in [9.17, 15) is 4.79 Å². The van der Waals surface area contributed by atoms with Crippen molar-refractivity contribution in [2.75, 3.05) is 5.32 Å². The first-order chi connectivity index (χ1) is 11.1. The van der Waals surface area contributed by atoms with Crippen molar-refractivity contribution < 1.29 is 4.79 Å². The number of rotatable bonds is 4. The number of benzene rings is 2. The number of amides is 1. The normalized spacial score (nSPS) is 10.5. The SMILES string of the molecule is O=C(Nc1ncc(Cc2cccc(Cl)c2Cl)s1)c1ccccc1. The number of carbonyl (C=O) groups excluding carboxylic acids is 1. The molecule has 1 heterocycles. The molecule has 0 saturated carbocycles. The smallest absolute Gasteiger partial charge is 0.257 e. The summed E-state index contributed by atoms with van der Waals surface area (Å²) in [5, 5.41) is 4.45. The lowest BCUT2D eigenvalue weighted by Crippen LogP contribution is -2.11. The molecule has 3 nitrogen and oxygen atoms in total. The summed E-state index contributed by atoms with van der Waals surface area (Å²) >= 11 is 13.6. The van der Waals surface area contributed by atoms with Crippen LogP contribution in [0, 0.1) is 0 Å². The maximum absolute atomic E-state index is 12.1. The molecule has 0 bridgehead atoms. The van der Waals surface area contributed by atoms with Crippen LogP contribution in [0.3, 0.4) is 0 Å². The van der Waals surface area contributed by atoms with Crippen molar-refractivity contribution in [2.24, 2.45) is 0 Å². The first kappa shape index (κ1) is 16.0. The highest BCUT2D eigenvalue weighted by atomic mass is 35.5. The average Bonchev–Trinajstić information content (AvgIpc) is 3.00. The highest BCUT2D eigenvalue weighted by Gasteiger charge is 2.11. The Balaban J connectivity index is 1.71. The molecular formula is C17H12Cl2N2OS. The maximum Gasteiger partial charge on any atom is 0.257 e. The summed E-state index contributed by atoms with van der Waals surface area (Å²) in [7, 11) is 0. The molecule has 3 aromatic rings. The molecule has 2 aromatic carbocycles. The van der Waals surface area contributed by atoms with E-state index in [1.54, 1.807) is 24.4 Å². The summed E-state index contributed by atoms with van der Waals surface area (Å²) in [6.45, 7) is 0. The molecule has 0 aliphatic rings. The van der Waals surface area contributed by atoms with E-state index in [0.717, 1.165) is 10.4 Å². The first-order valence-electron chi connectivity index (χ1n) is 6.87. The number of hydrogen-bond acceptors (Lipinski definition) is 3. The van der Waals surface area contributed by atoms with Crippen LogP contribution in [0.15, 0.2) is 54.7 Å². The fourth-order valence-electron chi connectivity index (χ4n) is 2.08. The molecule has 1 aromatic heterocycles. The van der Waals surface area contributed by atoms with E-state index >= 15 is 0 Å². The number of nitrogens with zero attached hydrogens (tertiary/aromatic N) is 1. The van der Waals surface area contributed by atoms with Crippen molar-refractivity contribution in [3.8, 4) is 0 Å². The predicted molar refractivity (Wildman–Crippen MR) is 95.8 cm³/mol. The lowest BCUT2D eigenvalue weighted by Gasteiger charge is -2.03. The minimum absolute atomic E-state index is 0.174. The van der Waals surface area contributed by atoms with Gasteiger partial charge in [0.2, 0.25) is 0 Å². The van der Waals surface area contributed by atoms with Crippen LogP contribution in [0.4, 0.5) is 5.13 Å². The average molecular weight is 363 g/mol. The van der Waals surface area contributed by atoms with Crippen LogP contribution >= 0.6 is 34.5 Å². The Hall–Kier alpha value is -1.88. The van der Waals surface area contributed by atoms with Gasteiger partial charge in [0.15, 0.2) is 5.13 Å². The second-order valence-corrected chi connectivity index (χ2v) is 6.74. The minimum Gasteiger partial charge on any atom is -0.298 e. The van der Waals surface area contributed by atoms with Crippen molar-refractivity contribution in [1.82, 2.24) is 4.98 Å². The zero-order valence-corrected chi connectivity index (χ0v) is 14.3. The monoisotopic (exact) mass is 362 g/mol. The molecule has 3 rings (SSSR count). The number of hydrogen-bond donors (Lipinski definition) is 1. The molecule has 0 unspecified atom stereocenters. The van der Waals surface area contributed by atoms with Gasteiger partial charge in [-0.1, -0.05) is 53.5 Å². The summed E-state index contributed by atoms with van der Waals surface area (Å²) in [6, 6.07) is 14.6. The molecule has 23 heavy (non-hydrogen) atoms. The number of aromatic nitrogens is 1. The van der Waals surface area contributed by atoms with Crippen molar-refractivity contribution in [3.63, 3.8) is 0 Å². The Morgan fingerprint density at radius 1 is 1.09 bits per heavy atom. The second-order valence-electron chi connectivity index (χ2n) is 4.84. The first-order valence-corrected chi connectivity index (χ1v) is 8.45. The van der Waals surface area contributed by atoms with E-state index in [0.29, 0.717) is 27.2 Å². The van der Waals surface area contributed by atoms with Gasteiger partial charge in [-0.2, -0.15) is 0 Å². The van der Waals surface area contributed by atoms with Gasteiger partial charge in [-0.3, -0.25) is 10.1 Å². The Bertz CT molecular complexity index is 834. The van der Waals surface area contributed by atoms with Gasteiger partial charge in [0.25, 0.3) is 5.91 Å². The largest absolute Gasteiger partial charge is 0.298 e. The zero-order chi connectivity index (χ0) is 16.2. The summed E-state index contributed by atoms with van der Waals surface area (Å²) in [6.07, 6.45) is 2.36. The molecule has 6 heteroatoms. The minimum atomic E-state index is -0.174. The Morgan fingerprint density at radius 3 is 2.65 bits per heavy atom. The van der Waals surface area contributed by atoms with Crippen molar-refractivity contribution in [1.29, 1.82) is 0 Å². The molecular weight excluding hydrogens is 351 g/mol. The van der Waals surface area contributed by atoms with E-state index in [1.165, 1.54) is 11.3 Å². The van der Waals surface area contributed by atoms with Gasteiger partial charge < -0.3 is 0 Å². The Morgan fingerprint density at radius 2 is 1.87 bits per heavy atom. The maximum atomic E-state index is 12.1. The Kier molecular flexibility index (Phi) is 4.96. The second kappa shape index (κ2) is 7.13. The highest BCUT2D eigenvalue weighted by Crippen LogP contribution is 2.29. The molecule has 1 N–H and O–H groups in total. The summed E-state index contributed by atoms with van der Waals surface area (Å²) < 4.78 is 0. The number of anilines is 1. The molecule has 1 amide bonds. The fraction of sp³-hybridized carbons (Fsp3) is 0.0588. The summed E-state index contributed by atoms with van der Waals surface area (Å²) in [5.41, 5.74) is 1.53. The van der Waals surface area contributed by atoms with Crippen LogP contribution in [-0.4, -0.2) is 10.9 Å². The lowest BCUT2D eigenvalue weighted by atomic mass is 10.1. The van der Waals surface area contributed by atoms with E-state index < -0.39 is 0 Å². The van der Waals surface area contributed by atoms with E-state index in [2.05, 4.69) is 10.3 Å². The third kappa shape index (κ3) is 3.91. The van der Waals surface area contributed by atoms with Crippen LogP contribution in [-0.2, 0) is 6.42 Å². The van der Waals surface area contributed by atoms with Crippen molar-refractivity contribution in [3.05, 3.63) is 80.8 Å². The van der Waals surface area contributed by atoms with Crippen LogP contribution in [0.5, 0.6) is 0 Å². The zero-order valence-electron chi connectivity index (χ0n) is 11.9. The molecule has 0 spiro atoms. The quantitative estimate of drug-likeness (QED) is 0.684. The summed E-state index contributed by atoms with van der Waals surface area (Å²) in [4.78, 5) is 17.3. The summed E-state index contributed by atoms with van der Waals surface area (Å²) in [5.74, 6) is -0.174. The fourth-order valence-corrected chi connectivity index (χ4v) is 3.30. The molecule has 0 saturated heterocycles. The predicted octanol–water partition coefficient (Wildman–Crippen LogP) is 5.29. The molecule has 0 atom stereocenters. The van der Waals surface area contributed by atoms with Crippen molar-refractivity contribution >= 4 is 45.6 Å². The van der Waals surface area contributed by atoms with Crippen LogP contribution in [0.25, 0.3) is 0 Å². The van der Waals surface area contributed by atoms with Crippen molar-refractivity contribution in [2.45, 2.75) is 6.42 Å². The van der Waals surface area contributed by atoms with E-state index in [4.69, 9.17) is 23.2 Å². The Labute approximate surface area is 147 Å². The van der Waals surface area contributed by atoms with Crippen LogP contribution < -0.4 is 5.32 Å².